The van der Waals surface area contributed by atoms with Gasteiger partial charge in [0.1, 0.15) is 0 Å². The smallest absolute Gasteiger partial charge is 0.286 e. The van der Waals surface area contributed by atoms with Crippen LogP contribution in [0.2, 0.25) is 0 Å². The second-order valence-corrected chi connectivity index (χ2v) is 10.4. The number of thioether (sulfide) groups is 1. The number of carbonyl (C=O) groups excluding carboxylic acids is 4. The van der Waals surface area contributed by atoms with Crippen molar-refractivity contribution in [1.82, 2.24) is 10.2 Å². The third kappa shape index (κ3) is 8.82. The first-order valence-electron chi connectivity index (χ1n) is 12.5. The summed E-state index contributed by atoms with van der Waals surface area (Å²) in [5.41, 5.74) is 4.16. The fourth-order valence-electron chi connectivity index (χ4n) is 4.23. The molecule has 1 saturated heterocycles. The number of aliphatic carboxylic acids is 1. The Bertz CT molecular complexity index is 1070. The summed E-state index contributed by atoms with van der Waals surface area (Å²) in [5, 5.41) is 12.1. The van der Waals surface area contributed by atoms with Gasteiger partial charge in [0, 0.05) is 26.0 Å². The Morgan fingerprint density at radius 1 is 0.889 bits per heavy atom. The number of unbranched alkanes of at least 4 members (excludes halogenated alkanes) is 5. The second kappa shape index (κ2) is 13.8. The van der Waals surface area contributed by atoms with Gasteiger partial charge >= 0.3 is 0 Å². The van der Waals surface area contributed by atoms with Gasteiger partial charge in [-0.05, 0) is 54.0 Å². The number of amides is 3. The van der Waals surface area contributed by atoms with Gasteiger partial charge in [-0.1, -0.05) is 79.9 Å². The number of hydrogen-bond acceptors (Lipinski definition) is 6. The minimum Gasteiger partial charge on any atom is -0.550 e. The monoisotopic (exact) mass is 509 g/mol. The van der Waals surface area contributed by atoms with E-state index >= 15 is 0 Å². The fourth-order valence-corrected chi connectivity index (χ4v) is 5.09. The molecule has 3 rings (SSSR count). The molecule has 0 aliphatic carbocycles. The zero-order valence-electron chi connectivity index (χ0n) is 20.7. The van der Waals surface area contributed by atoms with E-state index in [1.165, 1.54) is 0 Å². The van der Waals surface area contributed by atoms with E-state index in [2.05, 4.69) is 11.4 Å². The van der Waals surface area contributed by atoms with Crippen LogP contribution in [0.25, 0.3) is 11.1 Å². The van der Waals surface area contributed by atoms with E-state index in [-0.39, 0.29) is 28.7 Å². The maximum absolute atomic E-state index is 12.5. The molecule has 3 amide bonds. The number of nitrogens with zero attached hydrogens (tertiary/aromatic N) is 1. The molecule has 0 spiro atoms. The minimum atomic E-state index is -0.989. The predicted molar refractivity (Wildman–Crippen MR) is 139 cm³/mol. The SMILES string of the molecule is CN(Cc1cccc(-c2ccc(CC3SC(=O)NC3=O)cc2)c1)C(=O)CCCCCCCCC(=O)[O-]. The minimum absolute atomic E-state index is 0.119. The van der Waals surface area contributed by atoms with Crippen LogP contribution in [-0.2, 0) is 27.3 Å². The molecule has 0 radical (unpaired) electrons. The van der Waals surface area contributed by atoms with Crippen LogP contribution in [0, 0.1) is 0 Å². The molecule has 0 saturated carbocycles. The third-order valence-corrected chi connectivity index (χ3v) is 7.25. The Morgan fingerprint density at radius 3 is 2.19 bits per heavy atom. The van der Waals surface area contributed by atoms with E-state index in [1.807, 2.05) is 49.5 Å². The van der Waals surface area contributed by atoms with Gasteiger partial charge in [0.25, 0.3) is 5.24 Å². The van der Waals surface area contributed by atoms with Crippen molar-refractivity contribution in [3.05, 3.63) is 59.7 Å². The van der Waals surface area contributed by atoms with Crippen molar-refractivity contribution in [1.29, 1.82) is 0 Å². The summed E-state index contributed by atoms with van der Waals surface area (Å²) in [7, 11) is 1.83. The summed E-state index contributed by atoms with van der Waals surface area (Å²) >= 11 is 1.04. The number of imide groups is 1. The lowest BCUT2D eigenvalue weighted by molar-refractivity contribution is -0.305. The molecule has 1 fully saturated rings. The largest absolute Gasteiger partial charge is 0.550 e. The van der Waals surface area contributed by atoms with E-state index in [0.717, 1.165) is 66.1 Å². The topological polar surface area (TPSA) is 107 Å². The summed E-state index contributed by atoms with van der Waals surface area (Å²) in [6, 6.07) is 16.1. The number of carboxylic acid groups (broad SMARTS) is 1. The molecule has 7 nitrogen and oxygen atoms in total. The van der Waals surface area contributed by atoms with Crippen molar-refractivity contribution in [2.75, 3.05) is 7.05 Å². The number of nitrogens with one attached hydrogen (secondary N) is 1. The molecule has 0 bridgehead atoms. The first kappa shape index (κ1) is 27.5. The first-order chi connectivity index (χ1) is 17.3. The highest BCUT2D eigenvalue weighted by atomic mass is 32.2. The number of benzene rings is 2. The van der Waals surface area contributed by atoms with Crippen LogP contribution in [0.3, 0.4) is 0 Å². The Balaban J connectivity index is 1.43. The lowest BCUT2D eigenvalue weighted by atomic mass is 10.00. The normalized spacial score (nSPS) is 15.1. The zero-order chi connectivity index (χ0) is 25.9. The van der Waals surface area contributed by atoms with Crippen LogP contribution in [0.5, 0.6) is 0 Å². The second-order valence-electron chi connectivity index (χ2n) is 9.23. The summed E-state index contributed by atoms with van der Waals surface area (Å²) < 4.78 is 0. The van der Waals surface area contributed by atoms with Gasteiger partial charge in [0.15, 0.2) is 0 Å². The van der Waals surface area contributed by atoms with Gasteiger partial charge in [0.2, 0.25) is 11.8 Å². The van der Waals surface area contributed by atoms with Crippen LogP contribution < -0.4 is 10.4 Å². The van der Waals surface area contributed by atoms with Gasteiger partial charge in [-0.2, -0.15) is 0 Å². The molecule has 2 aromatic rings. The number of hydrogen-bond donors (Lipinski definition) is 1. The van der Waals surface area contributed by atoms with Crippen molar-refractivity contribution in [3.8, 4) is 11.1 Å². The molecule has 1 atom stereocenters. The quantitative estimate of drug-likeness (QED) is 0.385. The Hall–Kier alpha value is -3.13. The number of rotatable bonds is 14. The summed E-state index contributed by atoms with van der Waals surface area (Å²) in [4.78, 5) is 47.9. The lowest BCUT2D eigenvalue weighted by Crippen LogP contribution is -2.25. The van der Waals surface area contributed by atoms with Crippen LogP contribution in [0.1, 0.15) is 62.5 Å². The maximum Gasteiger partial charge on any atom is 0.286 e. The maximum atomic E-state index is 12.5. The molecular weight excluding hydrogens is 476 g/mol. The average Bonchev–Trinajstić information content (AvgIpc) is 3.17. The van der Waals surface area contributed by atoms with Crippen LogP contribution in [0.15, 0.2) is 48.5 Å². The zero-order valence-corrected chi connectivity index (χ0v) is 21.5. The van der Waals surface area contributed by atoms with E-state index in [9.17, 15) is 24.3 Å². The Morgan fingerprint density at radius 2 is 1.56 bits per heavy atom. The highest BCUT2D eigenvalue weighted by molar-refractivity contribution is 8.15. The standard InChI is InChI=1S/C28H34N2O5S/c1-30(25(31)11-6-4-2-3-5-7-12-26(32)33)19-21-9-8-10-23(17-21)22-15-13-20(14-16-22)18-24-27(34)29-28(35)36-24/h8-10,13-17,24H,2-7,11-12,18-19H2,1H3,(H,32,33)(H,29,34,35)/p-1. The molecule has 192 valence electrons. The van der Waals surface area contributed by atoms with Gasteiger partial charge in [-0.15, -0.1) is 0 Å². The lowest BCUT2D eigenvalue weighted by Gasteiger charge is -2.18. The molecule has 8 heteroatoms. The van der Waals surface area contributed by atoms with Crippen molar-refractivity contribution in [3.63, 3.8) is 0 Å². The molecule has 1 aliphatic heterocycles. The van der Waals surface area contributed by atoms with E-state index < -0.39 is 5.97 Å². The van der Waals surface area contributed by atoms with Gasteiger partial charge in [-0.3, -0.25) is 19.7 Å². The van der Waals surface area contributed by atoms with E-state index in [1.54, 1.807) is 4.90 Å². The van der Waals surface area contributed by atoms with Crippen molar-refractivity contribution < 1.29 is 24.3 Å². The molecular formula is C28H33N2O5S-. The molecule has 1 heterocycles. The molecule has 1 unspecified atom stereocenters. The van der Waals surface area contributed by atoms with Crippen LogP contribution >= 0.6 is 11.8 Å². The number of carbonyl (C=O) groups is 4. The summed E-state index contributed by atoms with van der Waals surface area (Å²) in [6.07, 6.45) is 6.50. The van der Waals surface area contributed by atoms with Gasteiger partial charge < -0.3 is 14.8 Å². The Labute approximate surface area is 216 Å². The first-order valence-corrected chi connectivity index (χ1v) is 13.3. The van der Waals surface area contributed by atoms with Gasteiger partial charge in [-0.25, -0.2) is 0 Å². The van der Waals surface area contributed by atoms with E-state index in [4.69, 9.17) is 0 Å². The summed E-state index contributed by atoms with van der Waals surface area (Å²) in [6.45, 7) is 0.538. The van der Waals surface area contributed by atoms with Crippen LogP contribution in [0.4, 0.5) is 4.79 Å². The third-order valence-electron chi connectivity index (χ3n) is 6.27. The molecule has 1 aliphatic rings. The molecule has 36 heavy (non-hydrogen) atoms. The predicted octanol–water partition coefficient (Wildman–Crippen LogP) is 4.08. The van der Waals surface area contributed by atoms with Gasteiger partial charge in [0.05, 0.1) is 5.25 Å². The summed E-state index contributed by atoms with van der Waals surface area (Å²) in [5.74, 6) is -1.10. The highest BCUT2D eigenvalue weighted by Gasteiger charge is 2.31. The molecule has 1 N–H and O–H groups in total. The van der Waals surface area contributed by atoms with E-state index in [0.29, 0.717) is 25.8 Å². The number of carboxylic acids is 1. The molecule has 2 aromatic carbocycles. The fraction of sp³-hybridized carbons (Fsp3) is 0.429. The van der Waals surface area contributed by atoms with Crippen molar-refractivity contribution in [2.24, 2.45) is 0 Å². The highest BCUT2D eigenvalue weighted by Crippen LogP contribution is 2.26. The average molecular weight is 510 g/mol. The van der Waals surface area contributed by atoms with Crippen LogP contribution in [-0.4, -0.2) is 40.2 Å². The molecule has 0 aromatic heterocycles. The van der Waals surface area contributed by atoms with Crippen molar-refractivity contribution >= 4 is 34.8 Å². The van der Waals surface area contributed by atoms with Crippen molar-refractivity contribution in [2.45, 2.75) is 69.6 Å². The Kier molecular flexibility index (Phi) is 10.5.